The fourth-order valence-corrected chi connectivity index (χ4v) is 3.31. The van der Waals surface area contributed by atoms with E-state index in [9.17, 15) is 0 Å². The molecule has 0 radical (unpaired) electrons. The molecule has 0 saturated heterocycles. The van der Waals surface area contributed by atoms with Gasteiger partial charge in [0.05, 0.1) is 12.4 Å². The summed E-state index contributed by atoms with van der Waals surface area (Å²) in [6, 6.07) is 24.7. The van der Waals surface area contributed by atoms with E-state index in [0.29, 0.717) is 46.1 Å². The zero-order chi connectivity index (χ0) is 33.0. The zero-order valence-corrected chi connectivity index (χ0v) is 28.3. The molecule has 47 heavy (non-hydrogen) atoms. The van der Waals surface area contributed by atoms with Crippen LogP contribution in [0.15, 0.2) is 108 Å². The summed E-state index contributed by atoms with van der Waals surface area (Å²) in [6.07, 6.45) is 9.30. The number of hydrogen-bond donors (Lipinski definition) is 2. The first-order valence-electron chi connectivity index (χ1n) is 12.6. The third-order valence-corrected chi connectivity index (χ3v) is 5.17. The fraction of sp³-hybridized carbons (Fsp3) is 0. The van der Waals surface area contributed by atoms with Gasteiger partial charge in [0.15, 0.2) is 0 Å². The van der Waals surface area contributed by atoms with Crippen LogP contribution >= 0.6 is 0 Å². The third kappa shape index (κ3) is 10.7. The van der Waals surface area contributed by atoms with E-state index >= 15 is 0 Å². The SMILES string of the molecule is N#CN=C=[N-].N#CN=C=[N-].Nn1c(-c2ccccn2)nnc1-c1ccccn1.Nn1c(-c2ccccn2)nnc1-c1ccccn1.[Cd+2]. The Morgan fingerprint density at radius 1 is 0.511 bits per heavy atom. The quantitative estimate of drug-likeness (QED) is 0.115. The Balaban J connectivity index is 0.000000251. The molecule has 224 valence electrons. The van der Waals surface area contributed by atoms with Crippen molar-refractivity contribution < 1.29 is 27.3 Å². The Hall–Kier alpha value is -6.86. The predicted molar refractivity (Wildman–Crippen MR) is 166 cm³/mol. The first-order valence-corrected chi connectivity index (χ1v) is 12.6. The summed E-state index contributed by atoms with van der Waals surface area (Å²) in [5.41, 5.74) is 2.70. The van der Waals surface area contributed by atoms with E-state index in [1.54, 1.807) is 24.8 Å². The van der Waals surface area contributed by atoms with E-state index in [1.165, 1.54) is 33.8 Å². The Kier molecular flexibility index (Phi) is 15.6. The molecule has 18 nitrogen and oxygen atoms in total. The fourth-order valence-electron chi connectivity index (χ4n) is 3.31. The molecule has 4 N–H and O–H groups in total. The van der Waals surface area contributed by atoms with Gasteiger partial charge in [0, 0.05) is 24.8 Å². The number of hydrogen-bond acceptors (Lipinski definition) is 14. The van der Waals surface area contributed by atoms with Crippen molar-refractivity contribution in [1.82, 2.24) is 49.7 Å². The summed E-state index contributed by atoms with van der Waals surface area (Å²) in [7, 11) is 0. The average Bonchev–Trinajstić information content (AvgIpc) is 3.70. The summed E-state index contributed by atoms with van der Waals surface area (Å²) in [5.74, 6) is 14.0. The third-order valence-electron chi connectivity index (χ3n) is 5.17. The van der Waals surface area contributed by atoms with E-state index < -0.39 is 0 Å². The number of rotatable bonds is 4. The van der Waals surface area contributed by atoms with Gasteiger partial charge in [0.25, 0.3) is 0 Å². The summed E-state index contributed by atoms with van der Waals surface area (Å²) >= 11 is 0. The predicted octanol–water partition coefficient (Wildman–Crippen LogP) is 2.65. The molecule has 0 aromatic carbocycles. The van der Waals surface area contributed by atoms with Crippen LogP contribution in [0.5, 0.6) is 0 Å². The van der Waals surface area contributed by atoms with Gasteiger partial charge in [-0.25, -0.2) is 9.35 Å². The normalized spacial score (nSPS) is 8.81. The first kappa shape index (κ1) is 36.3. The molecular formula is C28H20CdN18. The van der Waals surface area contributed by atoms with Gasteiger partial charge in [-0.15, -0.1) is 32.4 Å². The minimum absolute atomic E-state index is 0. The number of aliphatic imine (C=N–C) groups is 2. The number of nitrogens with zero attached hydrogens (tertiary/aromatic N) is 16. The summed E-state index contributed by atoms with van der Waals surface area (Å²) in [6.45, 7) is 0. The van der Waals surface area contributed by atoms with Crippen molar-refractivity contribution in [2.75, 3.05) is 11.7 Å². The second-order valence-electron chi connectivity index (χ2n) is 7.92. The Morgan fingerprint density at radius 2 is 0.766 bits per heavy atom. The molecule has 6 aromatic heterocycles. The van der Waals surface area contributed by atoms with Gasteiger partial charge in [-0.3, -0.25) is 19.9 Å². The smallest absolute Gasteiger partial charge is 0.422 e. The average molecular weight is 721 g/mol. The molecule has 6 rings (SSSR count). The second-order valence-corrected chi connectivity index (χ2v) is 7.92. The van der Waals surface area contributed by atoms with Crippen molar-refractivity contribution in [3.05, 3.63) is 108 Å². The molecule has 0 bridgehead atoms. The molecule has 0 amide bonds. The van der Waals surface area contributed by atoms with Gasteiger partial charge >= 0.3 is 27.3 Å². The van der Waals surface area contributed by atoms with Crippen LogP contribution in [-0.4, -0.2) is 61.7 Å². The van der Waals surface area contributed by atoms with Gasteiger partial charge in [-0.05, 0) is 48.5 Å². The van der Waals surface area contributed by atoms with Crippen molar-refractivity contribution in [3.63, 3.8) is 0 Å². The Morgan fingerprint density at radius 3 is 0.915 bits per heavy atom. The monoisotopic (exact) mass is 722 g/mol. The summed E-state index contributed by atoms with van der Waals surface area (Å²) in [5, 5.41) is 45.9. The minimum atomic E-state index is 0. The molecule has 0 fully saturated rings. The van der Waals surface area contributed by atoms with Crippen LogP contribution in [-0.2, 0) is 27.3 Å². The molecule has 0 unspecified atom stereocenters. The van der Waals surface area contributed by atoms with Crippen LogP contribution < -0.4 is 11.7 Å². The van der Waals surface area contributed by atoms with E-state index in [-0.39, 0.29) is 27.3 Å². The van der Waals surface area contributed by atoms with Crippen LogP contribution in [0.3, 0.4) is 0 Å². The zero-order valence-electron chi connectivity index (χ0n) is 24.3. The van der Waals surface area contributed by atoms with Crippen LogP contribution in [0, 0.1) is 22.9 Å². The van der Waals surface area contributed by atoms with Gasteiger partial charge < -0.3 is 32.5 Å². The van der Waals surface area contributed by atoms with Gasteiger partial charge in [0.2, 0.25) is 23.3 Å². The van der Waals surface area contributed by atoms with Crippen molar-refractivity contribution in [1.29, 1.82) is 10.5 Å². The maximum atomic E-state index is 7.43. The molecule has 6 aromatic rings. The molecule has 0 spiro atoms. The van der Waals surface area contributed by atoms with Crippen molar-refractivity contribution in [3.8, 4) is 58.5 Å². The van der Waals surface area contributed by atoms with Crippen LogP contribution in [0.1, 0.15) is 0 Å². The molecule has 0 atom stereocenters. The summed E-state index contributed by atoms with van der Waals surface area (Å²) < 4.78 is 2.79. The van der Waals surface area contributed by atoms with E-state index in [2.05, 4.69) is 50.3 Å². The number of nitrogens with two attached hydrogens (primary N) is 2. The number of pyridine rings is 4. The molecular weight excluding hydrogens is 701 g/mol. The van der Waals surface area contributed by atoms with Crippen LogP contribution in [0.2, 0.25) is 0 Å². The van der Waals surface area contributed by atoms with Gasteiger partial charge in [0.1, 0.15) is 22.8 Å². The molecule has 0 aliphatic heterocycles. The molecule has 0 aliphatic carbocycles. The first-order chi connectivity index (χ1) is 22.5. The minimum Gasteiger partial charge on any atom is -0.422 e. The topological polar surface area (TPSA) is 282 Å². The standard InChI is InChI=1S/2C12H10N6.2C2N3.Cd/c2*13-18-11(9-5-1-3-7-14-9)16-17-12(18)10-6-2-4-8-15-10;2*3-1-5-2-4;/h2*1-8H,13H2;;;/q;;2*-1;+2. The van der Waals surface area contributed by atoms with Gasteiger partial charge in [-0.1, -0.05) is 24.3 Å². The Labute approximate surface area is 287 Å². The van der Waals surface area contributed by atoms with Crippen LogP contribution in [0.25, 0.3) is 56.9 Å². The number of nitriles is 2. The maximum absolute atomic E-state index is 7.43. The number of nitrogen functional groups attached to an aromatic ring is 2. The van der Waals surface area contributed by atoms with E-state index in [1.807, 2.05) is 72.8 Å². The van der Waals surface area contributed by atoms with Crippen molar-refractivity contribution in [2.24, 2.45) is 9.98 Å². The van der Waals surface area contributed by atoms with Crippen LogP contribution in [0.4, 0.5) is 0 Å². The molecule has 6 heterocycles. The molecule has 0 aliphatic rings. The van der Waals surface area contributed by atoms with Gasteiger partial charge in [-0.2, -0.15) is 10.5 Å². The van der Waals surface area contributed by atoms with E-state index in [4.69, 9.17) is 33.0 Å². The maximum Gasteiger partial charge on any atom is 2.00 e. The largest absolute Gasteiger partial charge is 2.00 e. The van der Waals surface area contributed by atoms with Crippen molar-refractivity contribution >= 4 is 12.0 Å². The van der Waals surface area contributed by atoms with Crippen molar-refractivity contribution in [2.45, 2.75) is 0 Å². The van der Waals surface area contributed by atoms with E-state index in [0.717, 1.165) is 0 Å². The number of aromatic nitrogens is 10. The summed E-state index contributed by atoms with van der Waals surface area (Å²) in [4.78, 5) is 21.9. The second kappa shape index (κ2) is 20.2. The molecule has 19 heteroatoms. The Bertz CT molecular complexity index is 1730. The molecule has 0 saturated carbocycles.